The summed E-state index contributed by atoms with van der Waals surface area (Å²) in [6, 6.07) is 10.7. The van der Waals surface area contributed by atoms with Gasteiger partial charge in [-0.3, -0.25) is 63.0 Å². The molecule has 0 unspecified atom stereocenters. The Morgan fingerprint density at radius 3 is 1.23 bits per heavy atom. The molecule has 15 rings (SSSR count). The maximum Gasteiger partial charge on any atom is 0.222 e. The topological polar surface area (TPSA) is 218 Å². The first-order valence-corrected chi connectivity index (χ1v) is 29.4. The van der Waals surface area contributed by atoms with Crippen molar-refractivity contribution in [1.82, 2.24) is 77.9 Å². The van der Waals surface area contributed by atoms with Gasteiger partial charge in [0.15, 0.2) is 0 Å². The van der Waals surface area contributed by atoms with Crippen molar-refractivity contribution in [2.24, 2.45) is 36.1 Å². The molecular weight excluding hydrogens is 1080 g/mol. The van der Waals surface area contributed by atoms with Gasteiger partial charge in [-0.15, -0.1) is 0 Å². The minimum Gasteiger partial charge on any atom is -0.354 e. The van der Waals surface area contributed by atoms with E-state index in [0.29, 0.717) is 65.1 Å². The van der Waals surface area contributed by atoms with Crippen molar-refractivity contribution in [3.05, 3.63) is 172 Å². The summed E-state index contributed by atoms with van der Waals surface area (Å²) < 4.78 is 11.6. The number of aromatic nitrogens is 13. The molecule has 0 atom stereocenters. The minimum absolute atomic E-state index is 0.109. The van der Waals surface area contributed by atoms with Crippen LogP contribution in [-0.4, -0.2) is 134 Å². The number of aliphatic imine (C=N–C) groups is 3. The monoisotopic (exact) mass is 1150 g/mol. The lowest BCUT2D eigenvalue weighted by Gasteiger charge is -2.17. The van der Waals surface area contributed by atoms with Crippen LogP contribution in [0.3, 0.4) is 0 Å². The summed E-state index contributed by atoms with van der Waals surface area (Å²) in [5.41, 5.74) is 22.1. The van der Waals surface area contributed by atoms with Gasteiger partial charge in [0.05, 0.1) is 96.3 Å². The molecule has 12 bridgehead atoms. The van der Waals surface area contributed by atoms with Gasteiger partial charge in [-0.05, 0) is 62.9 Å². The van der Waals surface area contributed by atoms with Gasteiger partial charge in [0.1, 0.15) is 0 Å². The zero-order valence-corrected chi connectivity index (χ0v) is 49.8. The molecule has 9 aromatic heterocycles. The molecule has 0 N–H and O–H groups in total. The number of aryl methyl sites for hydroxylation is 7. The van der Waals surface area contributed by atoms with Crippen LogP contribution in [0.2, 0.25) is 0 Å². The van der Waals surface area contributed by atoms with Gasteiger partial charge in [0, 0.05) is 216 Å². The molecule has 438 valence electrons. The van der Waals surface area contributed by atoms with E-state index in [9.17, 15) is 14.4 Å². The van der Waals surface area contributed by atoms with Crippen LogP contribution >= 0.6 is 0 Å². The zero-order chi connectivity index (χ0) is 59.3. The Morgan fingerprint density at radius 2 is 0.779 bits per heavy atom. The smallest absolute Gasteiger partial charge is 0.222 e. The maximum absolute atomic E-state index is 12.6. The summed E-state index contributed by atoms with van der Waals surface area (Å²) >= 11 is 0. The first-order valence-electron chi connectivity index (χ1n) is 29.4. The second-order valence-electron chi connectivity index (χ2n) is 23.2. The van der Waals surface area contributed by atoms with Crippen molar-refractivity contribution < 1.29 is 14.4 Å². The predicted molar refractivity (Wildman–Crippen MR) is 325 cm³/mol. The summed E-state index contributed by atoms with van der Waals surface area (Å²) in [6.45, 7) is 7.70. The molecular formula is C64H69N19O3. The van der Waals surface area contributed by atoms with Crippen LogP contribution in [0.4, 0.5) is 0 Å². The molecule has 0 radical (unpaired) electrons. The van der Waals surface area contributed by atoms with E-state index in [1.165, 1.54) is 0 Å². The molecule has 0 saturated heterocycles. The largest absolute Gasteiger partial charge is 0.354 e. The van der Waals surface area contributed by atoms with E-state index in [2.05, 4.69) is 94.6 Å². The standard InChI is InChI=1S/C22H24N6O.C21H23N7O.C21H22N6O/c1-26-14-20-18(13-27(2)25-20)16-9-17-19(23-10-16)11-24-22(17)15-6-8-28(12-15)7-4-3-5-21(26)29;1-13-16-11-28(24-13)6-4-5-20(29)26(2)12-19-17(10-27(3)25-19)14-7-15-18(22-8-14)9-23-21(15)16;1-25-13-19-17(12-26(2)24-19)15-8-16-18(22-9-15)10-23-21(16)14-5-7-27(11-14)6-3-4-20(25)28/h6,8-10,12-13H,3-5,7,11,14H2,1-2H3;7-8,10-11H,4-6,9,12H2,1-3H3;5,7-9,11-12H,3-4,6,10,13H2,1-2H3. The molecule has 3 amide bonds. The van der Waals surface area contributed by atoms with Gasteiger partial charge < -0.3 is 23.8 Å². The second kappa shape index (κ2) is 23.0. The highest BCUT2D eigenvalue weighted by atomic mass is 16.2. The van der Waals surface area contributed by atoms with E-state index in [1.54, 1.807) is 28.7 Å². The number of hydrogen-bond donors (Lipinski definition) is 0. The fraction of sp³-hybridized carbons (Fsp3) is 0.359. The number of pyridine rings is 3. The normalized spacial score (nSPS) is 16.5. The van der Waals surface area contributed by atoms with Crippen molar-refractivity contribution >= 4 is 34.9 Å². The van der Waals surface area contributed by atoms with E-state index < -0.39 is 0 Å². The van der Waals surface area contributed by atoms with Gasteiger partial charge in [0.25, 0.3) is 0 Å². The quantitative estimate of drug-likeness (QED) is 0.148. The lowest BCUT2D eigenvalue weighted by molar-refractivity contribution is -0.131. The molecule has 6 aliphatic heterocycles. The summed E-state index contributed by atoms with van der Waals surface area (Å²) in [5.74, 6) is 0.401. The number of carbonyl (C=O) groups is 3. The highest BCUT2D eigenvalue weighted by Crippen LogP contribution is 2.34. The van der Waals surface area contributed by atoms with Gasteiger partial charge in [0.2, 0.25) is 17.7 Å². The van der Waals surface area contributed by atoms with Crippen LogP contribution in [0.25, 0.3) is 33.4 Å². The molecule has 0 aromatic carbocycles. The molecule has 0 aliphatic carbocycles. The van der Waals surface area contributed by atoms with Crippen molar-refractivity contribution in [2.45, 2.75) is 111 Å². The molecule has 15 heterocycles. The highest BCUT2D eigenvalue weighted by Gasteiger charge is 2.28. The minimum atomic E-state index is 0.109. The summed E-state index contributed by atoms with van der Waals surface area (Å²) in [6.07, 6.45) is 27.1. The predicted octanol–water partition coefficient (Wildman–Crippen LogP) is 7.25. The van der Waals surface area contributed by atoms with Crippen molar-refractivity contribution in [1.29, 1.82) is 0 Å². The van der Waals surface area contributed by atoms with E-state index in [0.717, 1.165) is 163 Å². The average molecular weight is 1150 g/mol. The lowest BCUT2D eigenvalue weighted by Crippen LogP contribution is -2.26. The molecule has 86 heavy (non-hydrogen) atoms. The number of amides is 3. The SMILES string of the molecule is CN1Cc2nn(C)cc2-c2cnc3c(c2)C(=NC3)c2ccn(c2)CCCC1=O.CN1Cc2nn(C)cc2-c2cnc3c(c2)C(=NC3)c2ccn(c2)CCCCC1=O.Cc1nn2cc1C1=NCc3ncc(cc31)-c1cn(C)nc1CN(C)C(=O)CCC2. The highest BCUT2D eigenvalue weighted by molar-refractivity contribution is 6.17. The molecule has 0 spiro atoms. The summed E-state index contributed by atoms with van der Waals surface area (Å²) in [7, 11) is 11.3. The molecule has 0 fully saturated rings. The summed E-state index contributed by atoms with van der Waals surface area (Å²) in [5, 5.41) is 18.5. The second-order valence-corrected chi connectivity index (χ2v) is 23.2. The van der Waals surface area contributed by atoms with Gasteiger partial charge in [-0.1, -0.05) is 0 Å². The Kier molecular flexibility index (Phi) is 14.9. The molecule has 6 aliphatic rings. The molecule has 9 aromatic rings. The van der Waals surface area contributed by atoms with Gasteiger partial charge in [-0.25, -0.2) is 0 Å². The molecule has 22 nitrogen and oxygen atoms in total. The van der Waals surface area contributed by atoms with Crippen molar-refractivity contribution in [3.8, 4) is 33.4 Å². The molecule has 0 saturated carbocycles. The Hall–Kier alpha value is -9.73. The molecule has 22 heteroatoms. The van der Waals surface area contributed by atoms with E-state index >= 15 is 0 Å². The number of hydrogen-bond acceptors (Lipinski definition) is 13. The van der Waals surface area contributed by atoms with Gasteiger partial charge >= 0.3 is 0 Å². The van der Waals surface area contributed by atoms with E-state index in [1.807, 2.05) is 97.3 Å². The fourth-order valence-electron chi connectivity index (χ4n) is 12.2. The Bertz CT molecular complexity index is 4230. The van der Waals surface area contributed by atoms with Gasteiger partial charge in [-0.2, -0.15) is 20.4 Å². The first-order chi connectivity index (χ1) is 41.7. The van der Waals surface area contributed by atoms with Crippen molar-refractivity contribution in [3.63, 3.8) is 0 Å². The Morgan fingerprint density at radius 1 is 0.384 bits per heavy atom. The number of carbonyl (C=O) groups excluding carboxylic acids is 3. The zero-order valence-electron chi connectivity index (χ0n) is 49.8. The maximum atomic E-state index is 12.6. The average Bonchev–Trinajstić information content (AvgIpc) is 4.59. The van der Waals surface area contributed by atoms with Crippen LogP contribution in [0.15, 0.2) is 113 Å². The van der Waals surface area contributed by atoms with Crippen LogP contribution in [0.5, 0.6) is 0 Å². The lowest BCUT2D eigenvalue weighted by atomic mass is 9.99. The van der Waals surface area contributed by atoms with Crippen LogP contribution in [0, 0.1) is 6.92 Å². The third-order valence-corrected chi connectivity index (χ3v) is 16.8. The van der Waals surface area contributed by atoms with Crippen LogP contribution < -0.4 is 0 Å². The van der Waals surface area contributed by atoms with E-state index in [4.69, 9.17) is 20.0 Å². The van der Waals surface area contributed by atoms with Crippen LogP contribution in [0.1, 0.15) is 118 Å². The third-order valence-electron chi connectivity index (χ3n) is 16.8. The Labute approximate surface area is 498 Å². The number of fused-ring (bicyclic) bond motifs is 18. The van der Waals surface area contributed by atoms with Crippen LogP contribution in [-0.2, 0) is 94.4 Å². The Balaban J connectivity index is 0.000000120. The number of nitrogens with zero attached hydrogens (tertiary/aromatic N) is 19. The van der Waals surface area contributed by atoms with Crippen molar-refractivity contribution in [2.75, 3.05) is 21.1 Å². The fourth-order valence-corrected chi connectivity index (χ4v) is 12.2. The third kappa shape index (κ3) is 11.1. The van der Waals surface area contributed by atoms with E-state index in [-0.39, 0.29) is 17.7 Å². The first kappa shape index (κ1) is 55.5. The summed E-state index contributed by atoms with van der Waals surface area (Å²) in [4.78, 5) is 71.4. The number of rotatable bonds is 0.